The van der Waals surface area contributed by atoms with Gasteiger partial charge in [-0.15, -0.1) is 0 Å². The van der Waals surface area contributed by atoms with Crippen molar-refractivity contribution in [1.29, 1.82) is 0 Å². The zero-order valence-corrected chi connectivity index (χ0v) is 17.3. The van der Waals surface area contributed by atoms with Gasteiger partial charge in [0.2, 0.25) is 5.82 Å². The lowest BCUT2D eigenvalue weighted by molar-refractivity contribution is -0.151. The van der Waals surface area contributed by atoms with Crippen LogP contribution in [0.1, 0.15) is 30.6 Å². The minimum atomic E-state index is -2.50. The summed E-state index contributed by atoms with van der Waals surface area (Å²) < 4.78 is 92.6. The summed E-state index contributed by atoms with van der Waals surface area (Å²) in [5.41, 5.74) is -2.28. The van der Waals surface area contributed by atoms with Crippen molar-refractivity contribution >= 4 is 23.5 Å². The number of carbonyl (C=O) groups excluding carboxylic acids is 3. The van der Waals surface area contributed by atoms with Gasteiger partial charge >= 0.3 is 11.9 Å². The molecule has 0 N–H and O–H groups in total. The van der Waals surface area contributed by atoms with Crippen molar-refractivity contribution in [2.75, 3.05) is 18.1 Å². The number of hydrogen-bond donors (Lipinski definition) is 0. The van der Waals surface area contributed by atoms with Gasteiger partial charge in [-0.2, -0.15) is 0 Å². The van der Waals surface area contributed by atoms with Crippen molar-refractivity contribution in [3.05, 3.63) is 64.7 Å². The van der Waals surface area contributed by atoms with E-state index < -0.39 is 76.5 Å². The fraction of sp³-hybridized carbons (Fsp3) is 0.286. The molecule has 0 fully saturated rings. The highest BCUT2D eigenvalue weighted by atomic mass is 19.2. The molecule has 2 aromatic carbocycles. The molecule has 12 heteroatoms. The Morgan fingerprint density at radius 1 is 0.788 bits per heavy atom. The summed E-state index contributed by atoms with van der Waals surface area (Å²) in [5.74, 6) is -17.1. The number of esters is 2. The summed E-state index contributed by atoms with van der Waals surface area (Å²) in [6, 6.07) is 1.46. The van der Waals surface area contributed by atoms with Crippen LogP contribution in [0.25, 0.3) is 0 Å². The highest BCUT2D eigenvalue weighted by Crippen LogP contribution is 2.29. The zero-order valence-electron chi connectivity index (χ0n) is 17.3. The number of ether oxygens (including phenoxy) is 2. The molecule has 1 amide bonds. The number of amides is 1. The summed E-state index contributed by atoms with van der Waals surface area (Å²) >= 11 is 0. The third-order valence-corrected chi connectivity index (χ3v) is 4.28. The van der Waals surface area contributed by atoms with E-state index in [1.165, 1.54) is 13.8 Å². The molecule has 1 atom stereocenters. The van der Waals surface area contributed by atoms with Gasteiger partial charge in [-0.3, -0.25) is 14.5 Å². The predicted octanol–water partition coefficient (Wildman–Crippen LogP) is 4.05. The van der Waals surface area contributed by atoms with Gasteiger partial charge in [0.25, 0.3) is 5.91 Å². The lowest BCUT2D eigenvalue weighted by Crippen LogP contribution is -2.48. The lowest BCUT2D eigenvalue weighted by atomic mass is 10.1. The Bertz CT molecular complexity index is 1030. The Morgan fingerprint density at radius 3 is 1.76 bits per heavy atom. The molecule has 0 bridgehead atoms. The number of rotatable bonds is 8. The average molecular weight is 477 g/mol. The van der Waals surface area contributed by atoms with Gasteiger partial charge in [-0.05, 0) is 38.1 Å². The monoisotopic (exact) mass is 477 g/mol. The van der Waals surface area contributed by atoms with Gasteiger partial charge in [-0.1, -0.05) is 0 Å². The zero-order chi connectivity index (χ0) is 24.9. The van der Waals surface area contributed by atoms with Crippen LogP contribution < -0.4 is 4.90 Å². The Balaban J connectivity index is 2.74. The summed E-state index contributed by atoms with van der Waals surface area (Å²) in [6.07, 6.45) is -0.898. The van der Waals surface area contributed by atoms with E-state index in [2.05, 4.69) is 0 Å². The van der Waals surface area contributed by atoms with Crippen LogP contribution in [-0.2, 0) is 19.1 Å². The lowest BCUT2D eigenvalue weighted by Gasteiger charge is -2.30. The number of anilines is 1. The van der Waals surface area contributed by atoms with Crippen LogP contribution in [0.3, 0.4) is 0 Å². The van der Waals surface area contributed by atoms with Gasteiger partial charge in [0.15, 0.2) is 23.3 Å². The molecule has 0 saturated heterocycles. The fourth-order valence-electron chi connectivity index (χ4n) is 2.85. The first-order valence-electron chi connectivity index (χ1n) is 9.47. The number of carbonyl (C=O) groups is 3. The first-order chi connectivity index (χ1) is 15.5. The van der Waals surface area contributed by atoms with E-state index in [1.807, 2.05) is 0 Å². The van der Waals surface area contributed by atoms with E-state index in [0.717, 1.165) is 24.3 Å². The van der Waals surface area contributed by atoms with Gasteiger partial charge in [0, 0.05) is 5.69 Å². The van der Waals surface area contributed by atoms with E-state index in [9.17, 15) is 40.7 Å². The molecular weight excluding hydrogens is 460 g/mol. The van der Waals surface area contributed by atoms with E-state index in [4.69, 9.17) is 9.47 Å². The molecule has 0 aliphatic heterocycles. The van der Waals surface area contributed by atoms with E-state index in [1.54, 1.807) is 0 Å². The number of nitrogens with zero attached hydrogens (tertiary/aromatic N) is 1. The van der Waals surface area contributed by atoms with Crippen molar-refractivity contribution < 1.29 is 50.2 Å². The van der Waals surface area contributed by atoms with Crippen LogP contribution in [0.2, 0.25) is 0 Å². The number of hydrogen-bond acceptors (Lipinski definition) is 5. The van der Waals surface area contributed by atoms with Gasteiger partial charge in [-0.25, -0.2) is 31.1 Å². The second-order valence-corrected chi connectivity index (χ2v) is 6.37. The van der Waals surface area contributed by atoms with Gasteiger partial charge in [0.05, 0.1) is 19.6 Å². The third-order valence-electron chi connectivity index (χ3n) is 4.28. The minimum absolute atomic E-state index is 0.128. The molecule has 0 heterocycles. The number of benzene rings is 2. The van der Waals surface area contributed by atoms with Gasteiger partial charge in [0.1, 0.15) is 17.4 Å². The Hall–Kier alpha value is -3.57. The topological polar surface area (TPSA) is 72.9 Å². The SMILES string of the molecule is CCOC(=O)CC(C(=O)OCC)N(C(=O)c1c(F)c(F)c(F)c(F)c1F)c1ccc(F)cc1. The quantitative estimate of drug-likeness (QED) is 0.248. The van der Waals surface area contributed by atoms with Crippen LogP contribution in [0.4, 0.5) is 32.0 Å². The average Bonchev–Trinajstić information content (AvgIpc) is 2.77. The molecule has 178 valence electrons. The van der Waals surface area contributed by atoms with E-state index >= 15 is 0 Å². The molecule has 6 nitrogen and oxygen atoms in total. The molecule has 0 aliphatic carbocycles. The summed E-state index contributed by atoms with van der Waals surface area (Å²) in [4.78, 5) is 38.0. The first-order valence-corrected chi connectivity index (χ1v) is 9.47. The third kappa shape index (κ3) is 5.44. The van der Waals surface area contributed by atoms with Crippen molar-refractivity contribution in [1.82, 2.24) is 0 Å². The van der Waals surface area contributed by atoms with Crippen LogP contribution in [0, 0.1) is 34.9 Å². The van der Waals surface area contributed by atoms with Gasteiger partial charge < -0.3 is 9.47 Å². The van der Waals surface area contributed by atoms with Crippen LogP contribution in [0.5, 0.6) is 0 Å². The summed E-state index contributed by atoms with van der Waals surface area (Å²) in [7, 11) is 0. The molecule has 0 aromatic heterocycles. The first kappa shape index (κ1) is 25.7. The van der Waals surface area contributed by atoms with Crippen molar-refractivity contribution in [2.24, 2.45) is 0 Å². The molecule has 1 unspecified atom stereocenters. The largest absolute Gasteiger partial charge is 0.466 e. The van der Waals surface area contributed by atoms with E-state index in [0.29, 0.717) is 0 Å². The molecule has 33 heavy (non-hydrogen) atoms. The smallest absolute Gasteiger partial charge is 0.329 e. The summed E-state index contributed by atoms with van der Waals surface area (Å²) in [5, 5.41) is 0. The maximum Gasteiger partial charge on any atom is 0.329 e. The Morgan fingerprint density at radius 2 is 1.27 bits per heavy atom. The fourth-order valence-corrected chi connectivity index (χ4v) is 2.85. The highest BCUT2D eigenvalue weighted by Gasteiger charge is 2.39. The summed E-state index contributed by atoms with van der Waals surface area (Å²) in [6.45, 7) is 2.45. The Labute approximate surface area is 183 Å². The molecule has 0 saturated carbocycles. The molecule has 0 radical (unpaired) electrons. The molecular formula is C21H17F6NO5. The van der Waals surface area contributed by atoms with Crippen molar-refractivity contribution in [3.63, 3.8) is 0 Å². The van der Waals surface area contributed by atoms with Crippen molar-refractivity contribution in [2.45, 2.75) is 26.3 Å². The van der Waals surface area contributed by atoms with E-state index in [-0.39, 0.29) is 18.1 Å². The molecule has 0 spiro atoms. The van der Waals surface area contributed by atoms with Crippen LogP contribution in [-0.4, -0.2) is 37.1 Å². The molecule has 2 aromatic rings. The predicted molar refractivity (Wildman–Crippen MR) is 101 cm³/mol. The minimum Gasteiger partial charge on any atom is -0.466 e. The second kappa shape index (κ2) is 10.8. The molecule has 0 aliphatic rings. The Kier molecular flexibility index (Phi) is 8.44. The van der Waals surface area contributed by atoms with Crippen LogP contribution >= 0.6 is 0 Å². The second-order valence-electron chi connectivity index (χ2n) is 6.37. The highest BCUT2D eigenvalue weighted by molar-refractivity contribution is 6.10. The standard InChI is InChI=1S/C21H17F6NO5/c1-3-32-13(29)9-12(21(31)33-4-2)28(11-7-5-10(22)6-8-11)20(30)14-15(23)17(25)19(27)18(26)16(14)24/h5-8,12H,3-4,9H2,1-2H3. The van der Waals surface area contributed by atoms with Crippen LogP contribution in [0.15, 0.2) is 24.3 Å². The maximum absolute atomic E-state index is 14.4. The normalized spacial score (nSPS) is 11.6. The van der Waals surface area contributed by atoms with Crippen molar-refractivity contribution in [3.8, 4) is 0 Å². The molecule has 2 rings (SSSR count). The maximum atomic E-state index is 14.4. The number of halogens is 6.